The number of benzene rings is 1. The third-order valence-corrected chi connectivity index (χ3v) is 3.54. The van der Waals surface area contributed by atoms with E-state index in [1.165, 1.54) is 12.1 Å². The van der Waals surface area contributed by atoms with Crippen LogP contribution in [0.15, 0.2) is 24.3 Å². The van der Waals surface area contributed by atoms with Crippen LogP contribution in [0.4, 0.5) is 8.78 Å². The van der Waals surface area contributed by atoms with E-state index < -0.39 is 17.4 Å². The van der Waals surface area contributed by atoms with Crippen LogP contribution in [0.25, 0.3) is 5.57 Å². The SMILES string of the molecule is Fc1ccc(C2=CCC3(CC2)OCCO3)cc1F. The van der Waals surface area contributed by atoms with E-state index in [1.54, 1.807) is 6.07 Å². The van der Waals surface area contributed by atoms with Crippen LogP contribution in [0.5, 0.6) is 0 Å². The topological polar surface area (TPSA) is 18.5 Å². The first kappa shape index (κ1) is 11.8. The summed E-state index contributed by atoms with van der Waals surface area (Å²) in [7, 11) is 0. The highest BCUT2D eigenvalue weighted by atomic mass is 19.2. The summed E-state index contributed by atoms with van der Waals surface area (Å²) < 4.78 is 37.3. The second-order valence-electron chi connectivity index (χ2n) is 4.67. The quantitative estimate of drug-likeness (QED) is 0.763. The van der Waals surface area contributed by atoms with Crippen molar-refractivity contribution in [2.45, 2.75) is 25.0 Å². The zero-order chi connectivity index (χ0) is 12.6. The minimum Gasteiger partial charge on any atom is -0.347 e. The molecule has 1 fully saturated rings. The summed E-state index contributed by atoms with van der Waals surface area (Å²) in [5, 5.41) is 0. The van der Waals surface area contributed by atoms with Gasteiger partial charge in [-0.3, -0.25) is 0 Å². The molecule has 1 aliphatic carbocycles. The lowest BCUT2D eigenvalue weighted by atomic mass is 9.90. The lowest BCUT2D eigenvalue weighted by Crippen LogP contribution is -2.31. The number of halogens is 2. The van der Waals surface area contributed by atoms with E-state index in [9.17, 15) is 8.78 Å². The first-order valence-corrected chi connectivity index (χ1v) is 6.11. The first-order chi connectivity index (χ1) is 8.69. The van der Waals surface area contributed by atoms with Crippen molar-refractivity contribution >= 4 is 5.57 Å². The summed E-state index contributed by atoms with van der Waals surface area (Å²) in [6, 6.07) is 4.02. The number of hydrogen-bond donors (Lipinski definition) is 0. The van der Waals surface area contributed by atoms with Gasteiger partial charge in [-0.15, -0.1) is 0 Å². The van der Waals surface area contributed by atoms with Crippen molar-refractivity contribution in [3.05, 3.63) is 41.5 Å². The molecule has 0 atom stereocenters. The number of rotatable bonds is 1. The van der Waals surface area contributed by atoms with Crippen LogP contribution in [-0.4, -0.2) is 19.0 Å². The van der Waals surface area contributed by atoms with E-state index in [1.807, 2.05) is 6.08 Å². The largest absolute Gasteiger partial charge is 0.347 e. The van der Waals surface area contributed by atoms with Crippen LogP contribution in [0.3, 0.4) is 0 Å². The fourth-order valence-electron chi connectivity index (χ4n) is 2.53. The molecule has 0 saturated carbocycles. The van der Waals surface area contributed by atoms with Gasteiger partial charge in [0.25, 0.3) is 0 Å². The Morgan fingerprint density at radius 2 is 1.83 bits per heavy atom. The molecule has 0 unspecified atom stereocenters. The fraction of sp³-hybridized carbons (Fsp3) is 0.429. The zero-order valence-corrected chi connectivity index (χ0v) is 9.92. The van der Waals surface area contributed by atoms with Crippen LogP contribution in [0.1, 0.15) is 24.8 Å². The van der Waals surface area contributed by atoms with Crippen molar-refractivity contribution in [2.24, 2.45) is 0 Å². The lowest BCUT2D eigenvalue weighted by molar-refractivity contribution is -0.159. The Labute approximate surface area is 104 Å². The molecule has 2 aliphatic rings. The molecule has 18 heavy (non-hydrogen) atoms. The highest BCUT2D eigenvalue weighted by molar-refractivity contribution is 5.66. The summed E-state index contributed by atoms with van der Waals surface area (Å²) in [5.74, 6) is -2.08. The Balaban J connectivity index is 1.81. The minimum atomic E-state index is -0.811. The predicted octanol–water partition coefficient (Wildman–Crippen LogP) is 3.28. The molecule has 96 valence electrons. The van der Waals surface area contributed by atoms with Crippen LogP contribution in [-0.2, 0) is 9.47 Å². The summed E-state index contributed by atoms with van der Waals surface area (Å²) in [6.45, 7) is 1.27. The molecule has 3 rings (SSSR count). The van der Waals surface area contributed by atoms with Crippen molar-refractivity contribution in [3.63, 3.8) is 0 Å². The van der Waals surface area contributed by atoms with Gasteiger partial charge in [0.1, 0.15) is 0 Å². The second-order valence-corrected chi connectivity index (χ2v) is 4.67. The molecule has 1 aromatic rings. The molecule has 0 N–H and O–H groups in total. The van der Waals surface area contributed by atoms with E-state index in [0.717, 1.165) is 24.0 Å². The lowest BCUT2D eigenvalue weighted by Gasteiger charge is -2.30. The van der Waals surface area contributed by atoms with Gasteiger partial charge in [-0.25, -0.2) is 8.78 Å². The monoisotopic (exact) mass is 252 g/mol. The standard InChI is InChI=1S/C14H14F2O2/c15-12-2-1-11(9-13(12)16)10-3-5-14(6-4-10)17-7-8-18-14/h1-3,9H,4-8H2. The summed E-state index contributed by atoms with van der Waals surface area (Å²) in [4.78, 5) is 0. The molecular formula is C14H14F2O2. The van der Waals surface area contributed by atoms with E-state index >= 15 is 0 Å². The highest BCUT2D eigenvalue weighted by Gasteiger charge is 2.37. The Morgan fingerprint density at radius 1 is 1.06 bits per heavy atom. The number of ether oxygens (including phenoxy) is 2. The maximum absolute atomic E-state index is 13.2. The molecule has 0 radical (unpaired) electrons. The molecule has 1 spiro atoms. The van der Waals surface area contributed by atoms with Gasteiger partial charge in [-0.1, -0.05) is 12.1 Å². The van der Waals surface area contributed by atoms with Gasteiger partial charge in [0.2, 0.25) is 0 Å². The van der Waals surface area contributed by atoms with Crippen LogP contribution in [0, 0.1) is 11.6 Å². The molecule has 1 aromatic carbocycles. The van der Waals surface area contributed by atoms with E-state index in [4.69, 9.17) is 9.47 Å². The third kappa shape index (κ3) is 2.06. The smallest absolute Gasteiger partial charge is 0.172 e. The van der Waals surface area contributed by atoms with Crippen LogP contribution in [0.2, 0.25) is 0 Å². The van der Waals surface area contributed by atoms with Gasteiger partial charge in [-0.2, -0.15) is 0 Å². The van der Waals surface area contributed by atoms with E-state index in [2.05, 4.69) is 0 Å². The molecule has 0 amide bonds. The first-order valence-electron chi connectivity index (χ1n) is 6.11. The highest BCUT2D eigenvalue weighted by Crippen LogP contribution is 2.38. The van der Waals surface area contributed by atoms with Gasteiger partial charge in [0, 0.05) is 12.8 Å². The average Bonchev–Trinajstić information content (AvgIpc) is 2.82. The summed E-state index contributed by atoms with van der Waals surface area (Å²) in [6.07, 6.45) is 4.19. The van der Waals surface area contributed by atoms with Crippen molar-refractivity contribution in [3.8, 4) is 0 Å². The predicted molar refractivity (Wildman–Crippen MR) is 62.8 cm³/mol. The average molecular weight is 252 g/mol. The zero-order valence-electron chi connectivity index (χ0n) is 9.92. The van der Waals surface area contributed by atoms with Gasteiger partial charge in [0.15, 0.2) is 17.4 Å². The molecule has 1 saturated heterocycles. The third-order valence-electron chi connectivity index (χ3n) is 3.54. The normalized spacial score (nSPS) is 22.2. The van der Waals surface area contributed by atoms with Crippen LogP contribution < -0.4 is 0 Å². The molecule has 0 aromatic heterocycles. The molecular weight excluding hydrogens is 238 g/mol. The van der Waals surface area contributed by atoms with Gasteiger partial charge in [-0.05, 0) is 29.7 Å². The second kappa shape index (κ2) is 4.44. The summed E-state index contributed by atoms with van der Waals surface area (Å²) in [5.41, 5.74) is 1.76. The Morgan fingerprint density at radius 3 is 2.44 bits per heavy atom. The van der Waals surface area contributed by atoms with E-state index in [0.29, 0.717) is 19.6 Å². The Bertz CT molecular complexity index is 491. The van der Waals surface area contributed by atoms with Crippen molar-refractivity contribution in [1.82, 2.24) is 0 Å². The molecule has 0 bridgehead atoms. The van der Waals surface area contributed by atoms with Crippen molar-refractivity contribution in [2.75, 3.05) is 13.2 Å². The maximum Gasteiger partial charge on any atom is 0.172 e. The maximum atomic E-state index is 13.2. The fourth-order valence-corrected chi connectivity index (χ4v) is 2.53. The number of hydrogen-bond acceptors (Lipinski definition) is 2. The Hall–Kier alpha value is -1.26. The van der Waals surface area contributed by atoms with E-state index in [-0.39, 0.29) is 0 Å². The molecule has 1 aliphatic heterocycles. The molecule has 2 nitrogen and oxygen atoms in total. The van der Waals surface area contributed by atoms with Crippen molar-refractivity contribution in [1.29, 1.82) is 0 Å². The summed E-state index contributed by atoms with van der Waals surface area (Å²) >= 11 is 0. The molecule has 1 heterocycles. The number of allylic oxidation sites excluding steroid dienone is 1. The minimum absolute atomic E-state index is 0.470. The van der Waals surface area contributed by atoms with Gasteiger partial charge < -0.3 is 9.47 Å². The van der Waals surface area contributed by atoms with Gasteiger partial charge in [0.05, 0.1) is 13.2 Å². The Kier molecular flexibility index (Phi) is 2.92. The molecule has 4 heteroatoms. The van der Waals surface area contributed by atoms with Gasteiger partial charge >= 0.3 is 0 Å². The van der Waals surface area contributed by atoms with Crippen molar-refractivity contribution < 1.29 is 18.3 Å². The van der Waals surface area contributed by atoms with Crippen LogP contribution >= 0.6 is 0 Å².